The zero-order chi connectivity index (χ0) is 4.41. The Hall–Kier alpha value is 0.350. The predicted molar refractivity (Wildman–Crippen MR) is 25.4 cm³/mol. The van der Waals surface area contributed by atoms with Gasteiger partial charge in [0.05, 0.1) is 13.2 Å². The van der Waals surface area contributed by atoms with Crippen molar-refractivity contribution in [1.29, 1.82) is 0 Å². The Morgan fingerprint density at radius 1 is 2.00 bits per heavy atom. The minimum Gasteiger partial charge on any atom is -0.371 e. The Bertz CT molecular complexity index is 44.1. The Kier molecular flexibility index (Phi) is 1.41. The molecule has 0 saturated carbocycles. The van der Waals surface area contributed by atoms with Crippen molar-refractivity contribution in [2.75, 3.05) is 13.2 Å². The first kappa shape index (κ1) is 4.51. The SMILES string of the molecule is POCC1CO1. The molecule has 2 unspecified atom stereocenters. The smallest absolute Gasteiger partial charge is 0.105 e. The first-order chi connectivity index (χ1) is 2.93. The highest BCUT2D eigenvalue weighted by Gasteiger charge is 2.21. The molecule has 1 fully saturated rings. The molecule has 0 aromatic heterocycles. The van der Waals surface area contributed by atoms with Crippen LogP contribution in [0.25, 0.3) is 0 Å². The Labute approximate surface area is 39.1 Å². The molecule has 1 aliphatic heterocycles. The van der Waals surface area contributed by atoms with Gasteiger partial charge >= 0.3 is 0 Å². The molecule has 0 amide bonds. The van der Waals surface area contributed by atoms with Crippen molar-refractivity contribution in [3.63, 3.8) is 0 Å². The van der Waals surface area contributed by atoms with Crippen LogP contribution in [0, 0.1) is 0 Å². The Balaban J connectivity index is 1.88. The van der Waals surface area contributed by atoms with Gasteiger partial charge in [0, 0.05) is 9.47 Å². The highest BCUT2D eigenvalue weighted by molar-refractivity contribution is 7.09. The summed E-state index contributed by atoms with van der Waals surface area (Å²) >= 11 is 0. The van der Waals surface area contributed by atoms with Gasteiger partial charge in [-0.2, -0.15) is 0 Å². The lowest BCUT2D eigenvalue weighted by Crippen LogP contribution is -1.90. The molecule has 2 atom stereocenters. The van der Waals surface area contributed by atoms with Crippen LogP contribution in [0.5, 0.6) is 0 Å². The lowest BCUT2D eigenvalue weighted by Gasteiger charge is -1.84. The van der Waals surface area contributed by atoms with E-state index in [-0.39, 0.29) is 0 Å². The molecule has 3 heteroatoms. The first-order valence-corrected chi connectivity index (χ1v) is 2.34. The summed E-state index contributed by atoms with van der Waals surface area (Å²) < 4.78 is 9.47. The number of hydrogen-bond acceptors (Lipinski definition) is 2. The maximum Gasteiger partial charge on any atom is 0.105 e. The van der Waals surface area contributed by atoms with Crippen LogP contribution in [0.3, 0.4) is 0 Å². The summed E-state index contributed by atoms with van der Waals surface area (Å²) in [7, 11) is 2.18. The molecule has 1 saturated heterocycles. The van der Waals surface area contributed by atoms with Gasteiger partial charge in [-0.1, -0.05) is 0 Å². The molecule has 6 heavy (non-hydrogen) atoms. The molecule has 0 bridgehead atoms. The van der Waals surface area contributed by atoms with Gasteiger partial charge in [-0.05, 0) is 0 Å². The normalized spacial score (nSPS) is 30.5. The summed E-state index contributed by atoms with van der Waals surface area (Å²) in [6.45, 7) is 1.61. The van der Waals surface area contributed by atoms with Crippen LogP contribution in [0.2, 0.25) is 0 Å². The third kappa shape index (κ3) is 1.21. The molecule has 0 aromatic rings. The van der Waals surface area contributed by atoms with E-state index in [0.29, 0.717) is 6.10 Å². The van der Waals surface area contributed by atoms with Gasteiger partial charge in [-0.15, -0.1) is 0 Å². The van der Waals surface area contributed by atoms with Gasteiger partial charge in [-0.25, -0.2) is 0 Å². The largest absolute Gasteiger partial charge is 0.371 e. The second-order valence-corrected chi connectivity index (χ2v) is 1.62. The molecule has 0 spiro atoms. The van der Waals surface area contributed by atoms with Crippen LogP contribution >= 0.6 is 9.47 Å². The molecule has 1 aliphatic rings. The van der Waals surface area contributed by atoms with Crippen molar-refractivity contribution in [2.24, 2.45) is 0 Å². The third-order valence-electron chi connectivity index (χ3n) is 0.684. The van der Waals surface area contributed by atoms with E-state index < -0.39 is 0 Å². The van der Waals surface area contributed by atoms with Crippen LogP contribution in [-0.2, 0) is 9.26 Å². The molecule has 1 heterocycles. The quantitative estimate of drug-likeness (QED) is 0.370. The molecular formula is C3H7O2P. The van der Waals surface area contributed by atoms with Crippen molar-refractivity contribution < 1.29 is 9.26 Å². The summed E-state index contributed by atoms with van der Waals surface area (Å²) in [5.74, 6) is 0. The van der Waals surface area contributed by atoms with E-state index in [2.05, 4.69) is 14.0 Å². The Morgan fingerprint density at radius 2 is 2.67 bits per heavy atom. The monoisotopic (exact) mass is 106 g/mol. The highest BCUT2D eigenvalue weighted by Crippen LogP contribution is 2.09. The van der Waals surface area contributed by atoms with E-state index in [9.17, 15) is 0 Å². The van der Waals surface area contributed by atoms with E-state index in [1.807, 2.05) is 0 Å². The highest BCUT2D eigenvalue weighted by atomic mass is 31.0. The fourth-order valence-electron chi connectivity index (χ4n) is 0.272. The molecule has 0 aliphatic carbocycles. The molecular weight excluding hydrogens is 99.0 g/mol. The molecule has 0 N–H and O–H groups in total. The van der Waals surface area contributed by atoms with Gasteiger partial charge in [0.25, 0.3) is 0 Å². The van der Waals surface area contributed by atoms with Crippen molar-refractivity contribution in [3.05, 3.63) is 0 Å². The Morgan fingerprint density at radius 3 is 2.83 bits per heavy atom. The zero-order valence-corrected chi connectivity index (χ0v) is 4.54. The van der Waals surface area contributed by atoms with Crippen molar-refractivity contribution >= 4 is 9.47 Å². The molecule has 36 valence electrons. The molecule has 0 radical (unpaired) electrons. The summed E-state index contributed by atoms with van der Waals surface area (Å²) in [5.41, 5.74) is 0. The molecule has 2 nitrogen and oxygen atoms in total. The lowest BCUT2D eigenvalue weighted by atomic mass is 10.5. The van der Waals surface area contributed by atoms with E-state index in [1.54, 1.807) is 0 Å². The summed E-state index contributed by atoms with van der Waals surface area (Å²) in [6.07, 6.45) is 0.405. The van der Waals surface area contributed by atoms with E-state index >= 15 is 0 Å². The summed E-state index contributed by atoms with van der Waals surface area (Å²) in [6, 6.07) is 0. The predicted octanol–water partition coefficient (Wildman–Crippen LogP) is 0.192. The van der Waals surface area contributed by atoms with Gasteiger partial charge in [0.1, 0.15) is 6.10 Å². The number of rotatable bonds is 2. The van der Waals surface area contributed by atoms with Crippen LogP contribution in [0.15, 0.2) is 0 Å². The van der Waals surface area contributed by atoms with Gasteiger partial charge < -0.3 is 9.26 Å². The lowest BCUT2D eigenvalue weighted by molar-refractivity contribution is 0.294. The van der Waals surface area contributed by atoms with Gasteiger partial charge in [0.15, 0.2) is 0 Å². The fourth-order valence-corrected chi connectivity index (χ4v) is 0.486. The summed E-state index contributed by atoms with van der Waals surface area (Å²) in [5, 5.41) is 0. The minimum atomic E-state index is 0.405. The van der Waals surface area contributed by atoms with E-state index in [4.69, 9.17) is 4.74 Å². The van der Waals surface area contributed by atoms with Crippen molar-refractivity contribution in [1.82, 2.24) is 0 Å². The second-order valence-electron chi connectivity index (χ2n) is 1.29. The number of epoxide rings is 1. The third-order valence-corrected chi connectivity index (χ3v) is 0.877. The standard InChI is InChI=1S/C3H7O2P/c6-5-2-3-1-4-3/h3H,1-2,6H2. The van der Waals surface area contributed by atoms with Gasteiger partial charge in [0.2, 0.25) is 0 Å². The fraction of sp³-hybridized carbons (Fsp3) is 1.00. The maximum atomic E-state index is 4.81. The number of ether oxygens (including phenoxy) is 1. The van der Waals surface area contributed by atoms with E-state index in [1.165, 1.54) is 0 Å². The minimum absolute atomic E-state index is 0.405. The van der Waals surface area contributed by atoms with Crippen LogP contribution in [0.4, 0.5) is 0 Å². The van der Waals surface area contributed by atoms with Crippen LogP contribution in [-0.4, -0.2) is 19.3 Å². The summed E-state index contributed by atoms with van der Waals surface area (Å²) in [4.78, 5) is 0. The topological polar surface area (TPSA) is 21.8 Å². The maximum absolute atomic E-state index is 4.81. The zero-order valence-electron chi connectivity index (χ0n) is 3.39. The molecule has 0 aromatic carbocycles. The number of hydrogen-bond donors (Lipinski definition) is 0. The first-order valence-electron chi connectivity index (χ1n) is 1.87. The average molecular weight is 106 g/mol. The van der Waals surface area contributed by atoms with Crippen molar-refractivity contribution in [3.8, 4) is 0 Å². The van der Waals surface area contributed by atoms with E-state index in [0.717, 1.165) is 13.2 Å². The second kappa shape index (κ2) is 1.87. The van der Waals surface area contributed by atoms with Crippen LogP contribution in [0.1, 0.15) is 0 Å². The van der Waals surface area contributed by atoms with Gasteiger partial charge in [-0.3, -0.25) is 0 Å². The van der Waals surface area contributed by atoms with Crippen LogP contribution < -0.4 is 0 Å². The van der Waals surface area contributed by atoms with Crippen molar-refractivity contribution in [2.45, 2.75) is 6.10 Å². The average Bonchev–Trinajstić information content (AvgIpc) is 2.21. The molecule has 1 rings (SSSR count).